The summed E-state index contributed by atoms with van der Waals surface area (Å²) in [5, 5.41) is 2.84. The quantitative estimate of drug-likeness (QED) is 0.693. The molecule has 0 radical (unpaired) electrons. The number of rotatable bonds is 5. The minimum atomic E-state index is -0.659. The van der Waals surface area contributed by atoms with E-state index in [9.17, 15) is 14.4 Å². The van der Waals surface area contributed by atoms with Gasteiger partial charge in [0.05, 0.1) is 12.7 Å². The topological polar surface area (TPSA) is 84.9 Å². The van der Waals surface area contributed by atoms with Crippen molar-refractivity contribution in [3.8, 4) is 5.75 Å². The average molecular weight is 459 g/mol. The molecular weight excluding hydrogens is 432 g/mol. The molecule has 2 aliphatic heterocycles. The number of ether oxygens (including phenoxy) is 2. The summed E-state index contributed by atoms with van der Waals surface area (Å²) >= 11 is 0. The molecule has 2 heterocycles. The van der Waals surface area contributed by atoms with Gasteiger partial charge in [-0.05, 0) is 36.1 Å². The van der Waals surface area contributed by atoms with Crippen molar-refractivity contribution in [2.75, 3.05) is 20.2 Å². The van der Waals surface area contributed by atoms with Crippen LogP contribution in [0.15, 0.2) is 77.1 Å². The Morgan fingerprint density at radius 2 is 1.82 bits per heavy atom. The lowest BCUT2D eigenvalue weighted by Crippen LogP contribution is -2.50. The fourth-order valence-corrected chi connectivity index (χ4v) is 5.03. The first-order valence-corrected chi connectivity index (χ1v) is 11.5. The summed E-state index contributed by atoms with van der Waals surface area (Å²) in [5.41, 5.74) is 3.77. The molecule has 0 unspecified atom stereocenters. The highest BCUT2D eigenvalue weighted by Gasteiger charge is 2.45. The van der Waals surface area contributed by atoms with Gasteiger partial charge in [0.2, 0.25) is 0 Å². The van der Waals surface area contributed by atoms with Crippen LogP contribution in [-0.2, 0) is 25.7 Å². The normalized spacial score (nSPS) is 19.9. The van der Waals surface area contributed by atoms with Crippen LogP contribution in [0.1, 0.15) is 36.3 Å². The van der Waals surface area contributed by atoms with Crippen LogP contribution in [0.3, 0.4) is 0 Å². The van der Waals surface area contributed by atoms with Crippen molar-refractivity contribution in [3.63, 3.8) is 0 Å². The molecule has 1 saturated heterocycles. The van der Waals surface area contributed by atoms with E-state index in [0.29, 0.717) is 49.6 Å². The predicted molar refractivity (Wildman–Crippen MR) is 125 cm³/mol. The van der Waals surface area contributed by atoms with Gasteiger partial charge >= 0.3 is 5.97 Å². The third-order valence-corrected chi connectivity index (χ3v) is 6.56. The number of fused-ring (bicyclic) bond motifs is 2. The third-order valence-electron chi connectivity index (χ3n) is 6.56. The van der Waals surface area contributed by atoms with Crippen molar-refractivity contribution in [2.24, 2.45) is 0 Å². The van der Waals surface area contributed by atoms with Crippen molar-refractivity contribution in [2.45, 2.75) is 31.8 Å². The molecule has 5 rings (SSSR count). The number of carbonyl (C=O) groups excluding carboxylic acids is 3. The lowest BCUT2D eigenvalue weighted by Gasteiger charge is -2.43. The molecule has 0 bridgehead atoms. The first-order valence-electron chi connectivity index (χ1n) is 11.5. The number of nitrogens with zero attached hydrogens (tertiary/aromatic N) is 1. The molecular formula is C27H26N2O5. The highest BCUT2D eigenvalue weighted by Crippen LogP contribution is 2.47. The zero-order chi connectivity index (χ0) is 23.7. The summed E-state index contributed by atoms with van der Waals surface area (Å²) in [4.78, 5) is 41.0. The second-order valence-electron chi connectivity index (χ2n) is 8.57. The summed E-state index contributed by atoms with van der Waals surface area (Å²) in [7, 11) is 1.30. The zero-order valence-corrected chi connectivity index (χ0v) is 19.0. The summed E-state index contributed by atoms with van der Waals surface area (Å²) in [6, 6.07) is 17.3. The number of methoxy groups -OCH3 is 1. The number of ketones is 1. The molecule has 1 atom stereocenters. The maximum Gasteiger partial charge on any atom is 0.337 e. The van der Waals surface area contributed by atoms with E-state index < -0.39 is 11.9 Å². The number of amides is 1. The van der Waals surface area contributed by atoms with E-state index in [2.05, 4.69) is 5.32 Å². The van der Waals surface area contributed by atoms with E-state index in [1.54, 1.807) is 0 Å². The Morgan fingerprint density at radius 1 is 1.06 bits per heavy atom. The van der Waals surface area contributed by atoms with Crippen LogP contribution in [0.2, 0.25) is 0 Å². The van der Waals surface area contributed by atoms with Crippen LogP contribution in [-0.4, -0.2) is 42.8 Å². The van der Waals surface area contributed by atoms with Crippen molar-refractivity contribution in [1.29, 1.82) is 0 Å². The Bertz CT molecular complexity index is 1200. The Hall–Kier alpha value is -3.87. The molecule has 0 aromatic heterocycles. The van der Waals surface area contributed by atoms with E-state index >= 15 is 0 Å². The monoisotopic (exact) mass is 458 g/mol. The second-order valence-corrected chi connectivity index (χ2v) is 8.57. The number of esters is 1. The van der Waals surface area contributed by atoms with Crippen molar-refractivity contribution < 1.29 is 23.9 Å². The maximum atomic E-state index is 13.2. The van der Waals surface area contributed by atoms with Gasteiger partial charge < -0.3 is 19.7 Å². The smallest absolute Gasteiger partial charge is 0.337 e. The summed E-state index contributed by atoms with van der Waals surface area (Å²) in [6.45, 7) is 1.41. The van der Waals surface area contributed by atoms with Gasteiger partial charge in [0.1, 0.15) is 18.1 Å². The molecule has 7 nitrogen and oxygen atoms in total. The fourth-order valence-electron chi connectivity index (χ4n) is 5.03. The third kappa shape index (κ3) is 3.87. The number of benzene rings is 2. The lowest BCUT2D eigenvalue weighted by atomic mass is 9.74. The highest BCUT2D eigenvalue weighted by atomic mass is 16.5. The van der Waals surface area contributed by atoms with Gasteiger partial charge in [-0.25, -0.2) is 4.79 Å². The lowest BCUT2D eigenvalue weighted by molar-refractivity contribution is -0.137. The molecule has 2 aromatic carbocycles. The number of hydrogen-bond acceptors (Lipinski definition) is 6. The van der Waals surface area contributed by atoms with Crippen molar-refractivity contribution in [1.82, 2.24) is 10.2 Å². The SMILES string of the molecule is COC(=O)C1=C2C(=O)NCCN2C2=C(C(=O)CCC2)[C@H]1c1ccc(OCc2ccccc2)cc1. The van der Waals surface area contributed by atoms with E-state index in [0.717, 1.165) is 23.2 Å². The van der Waals surface area contributed by atoms with Crippen LogP contribution < -0.4 is 10.1 Å². The minimum Gasteiger partial charge on any atom is -0.489 e. The number of nitrogens with one attached hydrogen (secondary N) is 1. The van der Waals surface area contributed by atoms with Gasteiger partial charge in [0.25, 0.3) is 5.91 Å². The largest absolute Gasteiger partial charge is 0.489 e. The summed E-state index contributed by atoms with van der Waals surface area (Å²) in [5.74, 6) is -0.882. The number of allylic oxidation sites excluding steroid dienone is 2. The maximum absolute atomic E-state index is 13.2. The molecule has 2 aromatic rings. The number of hydrogen-bond donors (Lipinski definition) is 1. The Labute approximate surface area is 198 Å². The van der Waals surface area contributed by atoms with E-state index in [1.165, 1.54) is 7.11 Å². The Balaban J connectivity index is 1.55. The Morgan fingerprint density at radius 3 is 2.56 bits per heavy atom. The molecule has 3 aliphatic rings. The second kappa shape index (κ2) is 9.17. The molecule has 1 N–H and O–H groups in total. The van der Waals surface area contributed by atoms with Crippen molar-refractivity contribution >= 4 is 17.7 Å². The molecule has 0 spiro atoms. The average Bonchev–Trinajstić information content (AvgIpc) is 2.87. The van der Waals surface area contributed by atoms with Crippen LogP contribution >= 0.6 is 0 Å². The van der Waals surface area contributed by atoms with Gasteiger partial charge in [-0.3, -0.25) is 9.59 Å². The van der Waals surface area contributed by atoms with E-state index in [4.69, 9.17) is 9.47 Å². The zero-order valence-electron chi connectivity index (χ0n) is 19.0. The molecule has 7 heteroatoms. The molecule has 0 saturated carbocycles. The first kappa shape index (κ1) is 21.9. The number of carbonyl (C=O) groups is 3. The van der Waals surface area contributed by atoms with Crippen LogP contribution in [0.25, 0.3) is 0 Å². The molecule has 1 amide bonds. The van der Waals surface area contributed by atoms with Crippen LogP contribution in [0, 0.1) is 0 Å². The van der Waals surface area contributed by atoms with E-state index in [-0.39, 0.29) is 17.3 Å². The summed E-state index contributed by atoms with van der Waals surface area (Å²) < 4.78 is 11.0. The fraction of sp³-hybridized carbons (Fsp3) is 0.296. The van der Waals surface area contributed by atoms with Crippen molar-refractivity contribution in [3.05, 3.63) is 88.3 Å². The molecule has 174 valence electrons. The minimum absolute atomic E-state index is 0.0158. The number of Topliss-reactive ketones (excluding diaryl/α,β-unsaturated/α-hetero) is 1. The van der Waals surface area contributed by atoms with Gasteiger partial charge in [0, 0.05) is 36.7 Å². The molecule has 34 heavy (non-hydrogen) atoms. The first-order chi connectivity index (χ1) is 16.6. The number of piperazine rings is 1. The predicted octanol–water partition coefficient (Wildman–Crippen LogP) is 3.23. The van der Waals surface area contributed by atoms with Crippen LogP contribution in [0.4, 0.5) is 0 Å². The highest BCUT2D eigenvalue weighted by molar-refractivity contribution is 6.09. The van der Waals surface area contributed by atoms with E-state index in [1.807, 2.05) is 59.5 Å². The Kier molecular flexibility index (Phi) is 5.92. The summed E-state index contributed by atoms with van der Waals surface area (Å²) in [6.07, 6.45) is 1.86. The standard InChI is InChI=1S/C27H26N2O5/c1-33-27(32)24-22(18-10-12-19(13-11-18)34-16-17-6-3-2-4-7-17)23-20(8-5-9-21(23)30)29-15-14-28-26(31)25(24)29/h2-4,6-7,10-13,22H,5,8-9,14-16H2,1H3,(H,28,31)/t22-/m1/s1. The molecule has 1 fully saturated rings. The molecule has 1 aliphatic carbocycles. The van der Waals surface area contributed by atoms with Gasteiger partial charge in [-0.15, -0.1) is 0 Å². The van der Waals surface area contributed by atoms with Gasteiger partial charge in [-0.2, -0.15) is 0 Å². The van der Waals surface area contributed by atoms with Crippen LogP contribution in [0.5, 0.6) is 5.75 Å². The van der Waals surface area contributed by atoms with Gasteiger partial charge in [0.15, 0.2) is 5.78 Å². The van der Waals surface area contributed by atoms with Gasteiger partial charge in [-0.1, -0.05) is 42.5 Å².